The predicted octanol–water partition coefficient (Wildman–Crippen LogP) is 2.77. The second-order valence-corrected chi connectivity index (χ2v) is 7.14. The summed E-state index contributed by atoms with van der Waals surface area (Å²) >= 11 is 0. The first-order valence-corrected chi connectivity index (χ1v) is 10.4. The number of phenolic OH excluding ortho intramolecular Hbond substituents is 1. The molecule has 1 saturated heterocycles. The molecule has 0 aliphatic carbocycles. The number of likely N-dealkylation sites (N-methyl/N-ethyl adjacent to an activating group) is 1. The summed E-state index contributed by atoms with van der Waals surface area (Å²) in [5, 5.41) is 13.7. The molecule has 1 fully saturated rings. The minimum Gasteiger partial charge on any atom is -0.506 e. The van der Waals surface area contributed by atoms with Crippen LogP contribution in [0.3, 0.4) is 0 Å². The van der Waals surface area contributed by atoms with Gasteiger partial charge in [-0.05, 0) is 37.4 Å². The highest BCUT2D eigenvalue weighted by molar-refractivity contribution is 5.80. The van der Waals surface area contributed by atoms with Gasteiger partial charge in [0.05, 0.1) is 18.0 Å². The zero-order valence-corrected chi connectivity index (χ0v) is 17.7. The molecule has 1 aromatic carbocycles. The number of phenols is 1. The van der Waals surface area contributed by atoms with E-state index < -0.39 is 0 Å². The third-order valence-electron chi connectivity index (χ3n) is 5.59. The molecule has 1 aliphatic heterocycles. The lowest BCUT2D eigenvalue weighted by atomic mass is 10.2. The minimum absolute atomic E-state index is 0.166. The van der Waals surface area contributed by atoms with Crippen LogP contribution in [0, 0.1) is 0 Å². The molecular formula is C22H33N5O2. The molecule has 1 unspecified atom stereocenters. The number of piperazine rings is 1. The van der Waals surface area contributed by atoms with Crippen LogP contribution in [0.2, 0.25) is 0 Å². The second kappa shape index (κ2) is 10.2. The van der Waals surface area contributed by atoms with Crippen molar-refractivity contribution in [2.24, 2.45) is 4.99 Å². The average molecular weight is 400 g/mol. The minimum atomic E-state index is 0.166. The van der Waals surface area contributed by atoms with Gasteiger partial charge in [0.2, 0.25) is 0 Å². The van der Waals surface area contributed by atoms with Gasteiger partial charge in [0, 0.05) is 39.8 Å². The Bertz CT molecular complexity index is 765. The highest BCUT2D eigenvalue weighted by Crippen LogP contribution is 2.27. The van der Waals surface area contributed by atoms with E-state index in [9.17, 15) is 5.11 Å². The van der Waals surface area contributed by atoms with Gasteiger partial charge < -0.3 is 24.6 Å². The van der Waals surface area contributed by atoms with Crippen molar-refractivity contribution in [3.63, 3.8) is 0 Å². The Morgan fingerprint density at radius 2 is 1.86 bits per heavy atom. The Balaban J connectivity index is 1.60. The summed E-state index contributed by atoms with van der Waals surface area (Å²) in [4.78, 5) is 11.4. The normalized spacial score (nSPS) is 16.3. The molecule has 0 amide bonds. The van der Waals surface area contributed by atoms with Crippen molar-refractivity contribution >= 4 is 11.6 Å². The van der Waals surface area contributed by atoms with Crippen LogP contribution in [0.5, 0.6) is 5.75 Å². The van der Waals surface area contributed by atoms with E-state index >= 15 is 0 Å². The summed E-state index contributed by atoms with van der Waals surface area (Å²) in [6.45, 7) is 10.4. The van der Waals surface area contributed by atoms with Crippen molar-refractivity contribution in [1.82, 2.24) is 15.1 Å². The SMILES string of the molecule is CCN(CC)C(CNC(=NC)N1CCN(c2ccccc2O)CC1)c1ccco1. The quantitative estimate of drug-likeness (QED) is 0.551. The zero-order valence-electron chi connectivity index (χ0n) is 17.7. The van der Waals surface area contributed by atoms with E-state index in [0.29, 0.717) is 5.75 Å². The van der Waals surface area contributed by atoms with Crippen LogP contribution in [0.25, 0.3) is 0 Å². The molecular weight excluding hydrogens is 366 g/mol. The van der Waals surface area contributed by atoms with Crippen LogP contribution in [0.4, 0.5) is 5.69 Å². The van der Waals surface area contributed by atoms with Gasteiger partial charge in [0.15, 0.2) is 5.96 Å². The molecule has 0 radical (unpaired) electrons. The van der Waals surface area contributed by atoms with Gasteiger partial charge in [-0.15, -0.1) is 0 Å². The number of aromatic hydroxyl groups is 1. The summed E-state index contributed by atoms with van der Waals surface area (Å²) in [5.74, 6) is 2.22. The third-order valence-corrected chi connectivity index (χ3v) is 5.59. The lowest BCUT2D eigenvalue weighted by Crippen LogP contribution is -2.53. The number of guanidine groups is 1. The Morgan fingerprint density at radius 3 is 2.45 bits per heavy atom. The Kier molecular flexibility index (Phi) is 7.41. The number of hydrogen-bond acceptors (Lipinski definition) is 5. The molecule has 7 heteroatoms. The molecule has 2 N–H and O–H groups in total. The van der Waals surface area contributed by atoms with Gasteiger partial charge in [-0.2, -0.15) is 0 Å². The summed E-state index contributed by atoms with van der Waals surface area (Å²) < 4.78 is 5.70. The first kappa shape index (κ1) is 21.0. The summed E-state index contributed by atoms with van der Waals surface area (Å²) in [5.41, 5.74) is 0.898. The Labute approximate surface area is 173 Å². The fraction of sp³-hybridized carbons (Fsp3) is 0.500. The van der Waals surface area contributed by atoms with Crippen LogP contribution in [-0.2, 0) is 0 Å². The largest absolute Gasteiger partial charge is 0.506 e. The van der Waals surface area contributed by atoms with E-state index in [-0.39, 0.29) is 6.04 Å². The predicted molar refractivity (Wildman–Crippen MR) is 118 cm³/mol. The molecule has 2 heterocycles. The number of para-hydroxylation sites is 2. The van der Waals surface area contributed by atoms with E-state index in [2.05, 4.69) is 38.9 Å². The summed E-state index contributed by atoms with van der Waals surface area (Å²) in [6.07, 6.45) is 1.73. The lowest BCUT2D eigenvalue weighted by molar-refractivity contribution is 0.192. The molecule has 1 aliphatic rings. The van der Waals surface area contributed by atoms with Gasteiger partial charge in [0.1, 0.15) is 11.5 Å². The Hall–Kier alpha value is -2.67. The molecule has 3 rings (SSSR count). The monoisotopic (exact) mass is 399 g/mol. The average Bonchev–Trinajstić information content (AvgIpc) is 3.29. The maximum atomic E-state index is 10.1. The van der Waals surface area contributed by atoms with Gasteiger partial charge in [-0.3, -0.25) is 9.89 Å². The fourth-order valence-electron chi connectivity index (χ4n) is 3.97. The highest BCUT2D eigenvalue weighted by atomic mass is 16.3. The van der Waals surface area contributed by atoms with E-state index in [1.54, 1.807) is 12.3 Å². The molecule has 0 spiro atoms. The fourth-order valence-corrected chi connectivity index (χ4v) is 3.97. The number of hydrogen-bond donors (Lipinski definition) is 2. The summed E-state index contributed by atoms with van der Waals surface area (Å²) in [7, 11) is 1.83. The van der Waals surface area contributed by atoms with Crippen molar-refractivity contribution in [2.45, 2.75) is 19.9 Å². The van der Waals surface area contributed by atoms with Gasteiger partial charge in [-0.1, -0.05) is 26.0 Å². The number of furan rings is 1. The maximum absolute atomic E-state index is 10.1. The molecule has 0 bridgehead atoms. The van der Waals surface area contributed by atoms with Crippen molar-refractivity contribution in [3.8, 4) is 5.75 Å². The number of aliphatic imine (C=N–C) groups is 1. The summed E-state index contributed by atoms with van der Waals surface area (Å²) in [6, 6.07) is 11.7. The van der Waals surface area contributed by atoms with E-state index in [4.69, 9.17) is 4.42 Å². The van der Waals surface area contributed by atoms with Crippen LogP contribution < -0.4 is 10.2 Å². The number of benzene rings is 1. The van der Waals surface area contributed by atoms with Gasteiger partial charge >= 0.3 is 0 Å². The van der Waals surface area contributed by atoms with Crippen molar-refractivity contribution < 1.29 is 9.52 Å². The molecule has 29 heavy (non-hydrogen) atoms. The van der Waals surface area contributed by atoms with Crippen LogP contribution in [-0.4, -0.2) is 73.7 Å². The van der Waals surface area contributed by atoms with Crippen molar-refractivity contribution in [1.29, 1.82) is 0 Å². The van der Waals surface area contributed by atoms with Crippen molar-refractivity contribution in [2.75, 3.05) is 57.8 Å². The van der Waals surface area contributed by atoms with Crippen LogP contribution >= 0.6 is 0 Å². The first-order chi connectivity index (χ1) is 14.2. The zero-order chi connectivity index (χ0) is 20.6. The number of rotatable bonds is 7. The highest BCUT2D eigenvalue weighted by Gasteiger charge is 2.24. The molecule has 158 valence electrons. The van der Waals surface area contributed by atoms with Gasteiger partial charge in [-0.25, -0.2) is 0 Å². The third kappa shape index (κ3) is 5.03. The number of nitrogens with zero attached hydrogens (tertiary/aromatic N) is 4. The number of nitrogens with one attached hydrogen (secondary N) is 1. The van der Waals surface area contributed by atoms with Crippen LogP contribution in [0.1, 0.15) is 25.6 Å². The smallest absolute Gasteiger partial charge is 0.193 e. The second-order valence-electron chi connectivity index (χ2n) is 7.14. The van der Waals surface area contributed by atoms with Gasteiger partial charge in [0.25, 0.3) is 0 Å². The van der Waals surface area contributed by atoms with E-state index in [0.717, 1.165) is 63.2 Å². The molecule has 2 aromatic rings. The molecule has 1 atom stereocenters. The molecule has 0 saturated carbocycles. The van der Waals surface area contributed by atoms with Crippen molar-refractivity contribution in [3.05, 3.63) is 48.4 Å². The first-order valence-electron chi connectivity index (χ1n) is 10.4. The number of anilines is 1. The standard InChI is InChI=1S/C22H33N5O2/c1-4-25(5-2)19(21-11-8-16-29-21)17-24-22(23-3)27-14-12-26(13-15-27)18-9-6-7-10-20(18)28/h6-11,16,19,28H,4-5,12-15,17H2,1-3H3,(H,23,24). The van der Waals surface area contributed by atoms with Crippen LogP contribution in [0.15, 0.2) is 52.1 Å². The topological polar surface area (TPSA) is 67.5 Å². The van der Waals surface area contributed by atoms with E-state index in [1.165, 1.54) is 0 Å². The lowest BCUT2D eigenvalue weighted by Gasteiger charge is -2.38. The maximum Gasteiger partial charge on any atom is 0.193 e. The van der Waals surface area contributed by atoms with E-state index in [1.807, 2.05) is 37.4 Å². The molecule has 1 aromatic heterocycles. The Morgan fingerprint density at radius 1 is 1.14 bits per heavy atom. The molecule has 7 nitrogen and oxygen atoms in total.